The second-order valence-electron chi connectivity index (χ2n) is 4.01. The van der Waals surface area contributed by atoms with Crippen molar-refractivity contribution in [2.24, 2.45) is 0 Å². The van der Waals surface area contributed by atoms with E-state index in [0.717, 1.165) is 0 Å². The van der Waals surface area contributed by atoms with Crippen molar-refractivity contribution in [1.82, 2.24) is 14.5 Å². The summed E-state index contributed by atoms with van der Waals surface area (Å²) >= 11 is 0. The molecule has 0 unspecified atom stereocenters. The van der Waals surface area contributed by atoms with Gasteiger partial charge in [-0.25, -0.2) is 14.8 Å². The highest BCUT2D eigenvalue weighted by atomic mass is 16.5. The average molecular weight is 276 g/mol. The molecule has 0 fully saturated rings. The molecule has 2 N–H and O–H groups in total. The van der Waals surface area contributed by atoms with Crippen LogP contribution < -0.4 is 10.5 Å². The van der Waals surface area contributed by atoms with Crippen LogP contribution in [0.3, 0.4) is 0 Å². The Morgan fingerprint density at radius 1 is 1.45 bits per heavy atom. The summed E-state index contributed by atoms with van der Waals surface area (Å²) in [6.45, 7) is 3.75. The van der Waals surface area contributed by atoms with E-state index in [1.54, 1.807) is 36.7 Å². The lowest BCUT2D eigenvalue weighted by Crippen LogP contribution is -2.09. The van der Waals surface area contributed by atoms with E-state index in [-0.39, 0.29) is 18.1 Å². The maximum absolute atomic E-state index is 11.7. The van der Waals surface area contributed by atoms with E-state index in [9.17, 15) is 4.79 Å². The number of esters is 1. The molecule has 0 aliphatic carbocycles. The van der Waals surface area contributed by atoms with Gasteiger partial charge in [-0.3, -0.25) is 4.57 Å². The van der Waals surface area contributed by atoms with Crippen molar-refractivity contribution in [1.29, 1.82) is 0 Å². The van der Waals surface area contributed by atoms with Gasteiger partial charge in [-0.1, -0.05) is 0 Å². The van der Waals surface area contributed by atoms with Crippen molar-refractivity contribution >= 4 is 11.8 Å². The highest BCUT2D eigenvalue weighted by Gasteiger charge is 2.20. The molecule has 106 valence electrons. The van der Waals surface area contributed by atoms with Gasteiger partial charge >= 0.3 is 5.97 Å². The normalized spacial score (nSPS) is 10.3. The predicted molar refractivity (Wildman–Crippen MR) is 73.0 cm³/mol. The first-order valence-corrected chi connectivity index (χ1v) is 6.10. The first-order chi connectivity index (χ1) is 9.58. The SMILES string of the molecule is CCOC(=O)c1nc(C)n(-c2ccc(OC)nc2)c1N. The van der Waals surface area contributed by atoms with Crippen LogP contribution in [-0.2, 0) is 4.74 Å². The molecule has 20 heavy (non-hydrogen) atoms. The van der Waals surface area contributed by atoms with Gasteiger partial charge < -0.3 is 15.2 Å². The van der Waals surface area contributed by atoms with Crippen molar-refractivity contribution in [2.45, 2.75) is 13.8 Å². The molecule has 2 aromatic rings. The molecule has 0 aliphatic heterocycles. The topological polar surface area (TPSA) is 92.3 Å². The highest BCUT2D eigenvalue weighted by Crippen LogP contribution is 2.21. The molecular formula is C13H16N4O3. The van der Waals surface area contributed by atoms with Crippen LogP contribution >= 0.6 is 0 Å². The van der Waals surface area contributed by atoms with Crippen LogP contribution in [0, 0.1) is 6.92 Å². The highest BCUT2D eigenvalue weighted by molar-refractivity contribution is 5.92. The number of nitrogens with zero attached hydrogens (tertiary/aromatic N) is 3. The maximum Gasteiger partial charge on any atom is 0.360 e. The average Bonchev–Trinajstić information content (AvgIpc) is 2.75. The van der Waals surface area contributed by atoms with Crippen molar-refractivity contribution < 1.29 is 14.3 Å². The van der Waals surface area contributed by atoms with Crippen molar-refractivity contribution in [2.75, 3.05) is 19.5 Å². The number of imidazole rings is 1. The number of pyridine rings is 1. The molecule has 0 radical (unpaired) electrons. The molecule has 0 amide bonds. The van der Waals surface area contributed by atoms with Gasteiger partial charge in [0.1, 0.15) is 11.6 Å². The van der Waals surface area contributed by atoms with E-state index in [2.05, 4.69) is 9.97 Å². The minimum atomic E-state index is -0.534. The van der Waals surface area contributed by atoms with Crippen LogP contribution in [0.25, 0.3) is 5.69 Å². The Hall–Kier alpha value is -2.57. The summed E-state index contributed by atoms with van der Waals surface area (Å²) in [7, 11) is 1.54. The molecule has 0 aliphatic rings. The second-order valence-corrected chi connectivity index (χ2v) is 4.01. The van der Waals surface area contributed by atoms with Crippen LogP contribution in [-0.4, -0.2) is 34.2 Å². The zero-order valence-corrected chi connectivity index (χ0v) is 11.6. The number of nitrogens with two attached hydrogens (primary N) is 1. The van der Waals surface area contributed by atoms with Crippen molar-refractivity contribution in [3.8, 4) is 11.6 Å². The monoisotopic (exact) mass is 276 g/mol. The summed E-state index contributed by atoms with van der Waals surface area (Å²) < 4.78 is 11.6. The van der Waals surface area contributed by atoms with Gasteiger partial charge in [0.2, 0.25) is 5.88 Å². The molecule has 0 saturated heterocycles. The standard InChI is InChI=1S/C13H16N4O3/c1-4-20-13(18)11-12(14)17(8(2)16-11)9-5-6-10(19-3)15-7-9/h5-7H,4,14H2,1-3H3. The Bertz CT molecular complexity index is 619. The largest absolute Gasteiger partial charge is 0.481 e. The van der Waals surface area contributed by atoms with Crippen LogP contribution in [0.1, 0.15) is 23.2 Å². The van der Waals surface area contributed by atoms with Gasteiger partial charge in [0.05, 0.1) is 25.6 Å². The van der Waals surface area contributed by atoms with Crippen LogP contribution in [0.15, 0.2) is 18.3 Å². The third-order valence-corrected chi connectivity index (χ3v) is 2.74. The molecule has 0 bridgehead atoms. The molecule has 0 spiro atoms. The molecule has 0 atom stereocenters. The Morgan fingerprint density at radius 3 is 2.75 bits per heavy atom. The Morgan fingerprint density at radius 2 is 2.20 bits per heavy atom. The smallest absolute Gasteiger partial charge is 0.360 e. The van der Waals surface area contributed by atoms with Crippen LogP contribution in [0.4, 0.5) is 5.82 Å². The maximum atomic E-state index is 11.7. The third-order valence-electron chi connectivity index (χ3n) is 2.74. The van der Waals surface area contributed by atoms with Crippen molar-refractivity contribution in [3.05, 3.63) is 29.8 Å². The number of hydrogen-bond donors (Lipinski definition) is 1. The summed E-state index contributed by atoms with van der Waals surface area (Å²) in [5.41, 5.74) is 6.79. The lowest BCUT2D eigenvalue weighted by molar-refractivity contribution is 0.0521. The van der Waals surface area contributed by atoms with E-state index in [1.807, 2.05) is 0 Å². The number of rotatable bonds is 4. The molecule has 7 nitrogen and oxygen atoms in total. The Labute approximate surface area is 116 Å². The number of aromatic nitrogens is 3. The molecule has 2 rings (SSSR count). The molecule has 2 heterocycles. The summed E-state index contributed by atoms with van der Waals surface area (Å²) in [5.74, 6) is 0.773. The first-order valence-electron chi connectivity index (χ1n) is 6.10. The number of anilines is 1. The van der Waals surface area contributed by atoms with Gasteiger partial charge in [-0.05, 0) is 19.9 Å². The number of hydrogen-bond acceptors (Lipinski definition) is 6. The summed E-state index contributed by atoms with van der Waals surface area (Å²) in [5, 5.41) is 0. The summed E-state index contributed by atoms with van der Waals surface area (Å²) in [4.78, 5) is 20.0. The number of ether oxygens (including phenoxy) is 2. The fourth-order valence-electron chi connectivity index (χ4n) is 1.85. The van der Waals surface area contributed by atoms with E-state index < -0.39 is 5.97 Å². The van der Waals surface area contributed by atoms with E-state index in [0.29, 0.717) is 17.4 Å². The van der Waals surface area contributed by atoms with Crippen LogP contribution in [0.2, 0.25) is 0 Å². The summed E-state index contributed by atoms with van der Waals surface area (Å²) in [6.07, 6.45) is 1.60. The van der Waals surface area contributed by atoms with E-state index in [4.69, 9.17) is 15.2 Å². The molecule has 2 aromatic heterocycles. The van der Waals surface area contributed by atoms with E-state index in [1.165, 1.54) is 7.11 Å². The van der Waals surface area contributed by atoms with Gasteiger partial charge in [-0.2, -0.15) is 0 Å². The number of carbonyl (C=O) groups is 1. The number of carbonyl (C=O) groups excluding carboxylic acids is 1. The molecule has 0 aromatic carbocycles. The minimum absolute atomic E-state index is 0.111. The van der Waals surface area contributed by atoms with Gasteiger partial charge in [-0.15, -0.1) is 0 Å². The lowest BCUT2D eigenvalue weighted by Gasteiger charge is -2.08. The van der Waals surface area contributed by atoms with Gasteiger partial charge in [0, 0.05) is 6.07 Å². The van der Waals surface area contributed by atoms with Gasteiger partial charge in [0.25, 0.3) is 0 Å². The molecule has 7 heteroatoms. The summed E-state index contributed by atoms with van der Waals surface area (Å²) in [6, 6.07) is 3.49. The quantitative estimate of drug-likeness (QED) is 0.847. The van der Waals surface area contributed by atoms with Gasteiger partial charge in [0.15, 0.2) is 5.69 Å². The third kappa shape index (κ3) is 2.42. The molecular weight excluding hydrogens is 260 g/mol. The predicted octanol–water partition coefficient (Wildman–Crippen LogP) is 1.34. The number of aryl methyl sites for hydroxylation is 1. The number of nitrogen functional groups attached to an aromatic ring is 1. The fourth-order valence-corrected chi connectivity index (χ4v) is 1.85. The minimum Gasteiger partial charge on any atom is -0.481 e. The first kappa shape index (κ1) is 13.9. The Balaban J connectivity index is 2.43. The van der Waals surface area contributed by atoms with Crippen molar-refractivity contribution in [3.63, 3.8) is 0 Å². The van der Waals surface area contributed by atoms with Crippen LogP contribution in [0.5, 0.6) is 5.88 Å². The number of methoxy groups -OCH3 is 1. The zero-order chi connectivity index (χ0) is 14.7. The fraction of sp³-hybridized carbons (Fsp3) is 0.308. The lowest BCUT2D eigenvalue weighted by atomic mass is 10.4. The molecule has 0 saturated carbocycles. The second kappa shape index (κ2) is 5.60. The zero-order valence-electron chi connectivity index (χ0n) is 11.6. The van der Waals surface area contributed by atoms with E-state index >= 15 is 0 Å². The Kier molecular flexibility index (Phi) is 3.88.